The Balaban J connectivity index is 2.55. The Hall–Kier alpha value is 0.280. The van der Waals surface area contributed by atoms with Gasteiger partial charge in [0, 0.05) is 4.43 Å². The van der Waals surface area contributed by atoms with Crippen molar-refractivity contribution < 1.29 is 19.7 Å². The SMILES string of the molecule is O=C[C@@H]1C[C@H](O)[C@H](CI)OC1O. The molecule has 0 aromatic carbocycles. The van der Waals surface area contributed by atoms with Crippen LogP contribution in [0.4, 0.5) is 0 Å². The molecule has 4 nitrogen and oxygen atoms in total. The van der Waals surface area contributed by atoms with Crippen molar-refractivity contribution in [1.82, 2.24) is 0 Å². The highest BCUT2D eigenvalue weighted by Gasteiger charge is 2.35. The van der Waals surface area contributed by atoms with Gasteiger partial charge in [-0.15, -0.1) is 0 Å². The molecule has 0 saturated carbocycles. The third-order valence-corrected chi connectivity index (χ3v) is 2.82. The van der Waals surface area contributed by atoms with Gasteiger partial charge in [0.1, 0.15) is 6.29 Å². The fraction of sp³-hybridized carbons (Fsp3) is 0.857. The first-order valence-electron chi connectivity index (χ1n) is 3.72. The summed E-state index contributed by atoms with van der Waals surface area (Å²) in [4.78, 5) is 10.4. The topological polar surface area (TPSA) is 66.8 Å². The molecule has 1 rings (SSSR count). The molecule has 0 bridgehead atoms. The van der Waals surface area contributed by atoms with E-state index < -0.39 is 18.3 Å². The molecule has 0 aromatic rings. The Labute approximate surface area is 84.0 Å². The molecular weight excluding hydrogens is 275 g/mol. The van der Waals surface area contributed by atoms with Crippen molar-refractivity contribution in [3.63, 3.8) is 0 Å². The molecule has 1 fully saturated rings. The zero-order valence-corrected chi connectivity index (χ0v) is 8.55. The Morgan fingerprint density at radius 3 is 2.75 bits per heavy atom. The molecule has 1 aliphatic rings. The van der Waals surface area contributed by atoms with E-state index in [0.717, 1.165) is 0 Å². The first kappa shape index (κ1) is 10.4. The average Bonchev–Trinajstić information content (AvgIpc) is 2.08. The summed E-state index contributed by atoms with van der Waals surface area (Å²) in [5.41, 5.74) is 0. The molecule has 1 saturated heterocycles. The summed E-state index contributed by atoms with van der Waals surface area (Å²) >= 11 is 2.07. The smallest absolute Gasteiger partial charge is 0.164 e. The minimum absolute atomic E-state index is 0.290. The van der Waals surface area contributed by atoms with Gasteiger partial charge in [0.05, 0.1) is 18.1 Å². The van der Waals surface area contributed by atoms with Crippen LogP contribution < -0.4 is 0 Å². The molecule has 0 aliphatic carbocycles. The van der Waals surface area contributed by atoms with E-state index in [1.165, 1.54) is 0 Å². The molecule has 0 spiro atoms. The number of rotatable bonds is 2. The maximum Gasteiger partial charge on any atom is 0.164 e. The minimum Gasteiger partial charge on any atom is -0.390 e. The summed E-state index contributed by atoms with van der Waals surface area (Å²) in [7, 11) is 0. The fourth-order valence-corrected chi connectivity index (χ4v) is 1.97. The Morgan fingerprint density at radius 2 is 2.25 bits per heavy atom. The number of hydrogen-bond donors (Lipinski definition) is 2. The molecule has 1 heterocycles. The second-order valence-electron chi connectivity index (χ2n) is 2.82. The normalized spacial score (nSPS) is 42.6. The van der Waals surface area contributed by atoms with Crippen molar-refractivity contribution >= 4 is 28.9 Å². The first-order chi connectivity index (χ1) is 5.69. The quantitative estimate of drug-likeness (QED) is 0.416. The lowest BCUT2D eigenvalue weighted by atomic mass is 9.96. The molecule has 4 atom stereocenters. The summed E-state index contributed by atoms with van der Waals surface area (Å²) in [5.74, 6) is -0.584. The van der Waals surface area contributed by atoms with Gasteiger partial charge in [0.2, 0.25) is 0 Å². The van der Waals surface area contributed by atoms with E-state index in [0.29, 0.717) is 17.1 Å². The fourth-order valence-electron chi connectivity index (χ4n) is 1.18. The lowest BCUT2D eigenvalue weighted by Crippen LogP contribution is -2.45. The summed E-state index contributed by atoms with van der Waals surface area (Å²) in [5, 5.41) is 18.6. The zero-order chi connectivity index (χ0) is 9.14. The highest BCUT2D eigenvalue weighted by Crippen LogP contribution is 2.23. The number of aliphatic hydroxyl groups is 2. The number of aldehydes is 1. The van der Waals surface area contributed by atoms with Gasteiger partial charge in [-0.05, 0) is 6.42 Å². The highest BCUT2D eigenvalue weighted by atomic mass is 127. The molecule has 1 unspecified atom stereocenters. The summed E-state index contributed by atoms with van der Waals surface area (Å²) in [6.45, 7) is 0. The molecule has 2 N–H and O–H groups in total. The maximum absolute atomic E-state index is 10.4. The summed E-state index contributed by atoms with van der Waals surface area (Å²) in [6, 6.07) is 0. The Morgan fingerprint density at radius 1 is 1.58 bits per heavy atom. The third-order valence-electron chi connectivity index (χ3n) is 1.95. The van der Waals surface area contributed by atoms with E-state index in [9.17, 15) is 15.0 Å². The van der Waals surface area contributed by atoms with E-state index >= 15 is 0 Å². The molecule has 12 heavy (non-hydrogen) atoms. The summed E-state index contributed by atoms with van der Waals surface area (Å²) in [6.07, 6.45) is -1.13. The largest absolute Gasteiger partial charge is 0.390 e. The van der Waals surface area contributed by atoms with Gasteiger partial charge in [-0.1, -0.05) is 22.6 Å². The molecule has 0 aromatic heterocycles. The van der Waals surface area contributed by atoms with Crippen LogP contribution in [0.15, 0.2) is 0 Å². The van der Waals surface area contributed by atoms with Crippen molar-refractivity contribution in [1.29, 1.82) is 0 Å². The van der Waals surface area contributed by atoms with Crippen LogP contribution in [0.25, 0.3) is 0 Å². The van der Waals surface area contributed by atoms with Gasteiger partial charge in [-0.25, -0.2) is 0 Å². The number of halogens is 1. The lowest BCUT2D eigenvalue weighted by Gasteiger charge is -2.33. The number of ether oxygens (including phenoxy) is 1. The number of carbonyl (C=O) groups excluding carboxylic acids is 1. The summed E-state index contributed by atoms with van der Waals surface area (Å²) < 4.78 is 5.63. The Kier molecular flexibility index (Phi) is 3.88. The van der Waals surface area contributed by atoms with E-state index in [2.05, 4.69) is 22.6 Å². The van der Waals surface area contributed by atoms with Crippen LogP contribution in [0.3, 0.4) is 0 Å². The maximum atomic E-state index is 10.4. The molecular formula is C7H11IO4. The van der Waals surface area contributed by atoms with Crippen molar-refractivity contribution in [2.24, 2.45) is 5.92 Å². The lowest BCUT2D eigenvalue weighted by molar-refractivity contribution is -0.213. The number of alkyl halides is 1. The van der Waals surface area contributed by atoms with Crippen LogP contribution in [0, 0.1) is 5.92 Å². The van der Waals surface area contributed by atoms with E-state index in [1.807, 2.05) is 0 Å². The third kappa shape index (κ3) is 2.15. The van der Waals surface area contributed by atoms with Gasteiger partial charge in [0.15, 0.2) is 6.29 Å². The minimum atomic E-state index is -1.05. The van der Waals surface area contributed by atoms with Gasteiger partial charge in [-0.3, -0.25) is 0 Å². The van der Waals surface area contributed by atoms with Gasteiger partial charge < -0.3 is 19.7 Å². The van der Waals surface area contributed by atoms with E-state index in [1.54, 1.807) is 0 Å². The standard InChI is InChI=1S/C7H11IO4/c8-2-6-5(10)1-4(3-9)7(11)12-6/h3-7,10-11H,1-2H2/t4-,5-,6-,7?/m0/s1. The molecule has 1 aliphatic heterocycles. The number of carbonyl (C=O) groups is 1. The molecule has 0 radical (unpaired) electrons. The van der Waals surface area contributed by atoms with Gasteiger partial charge in [-0.2, -0.15) is 0 Å². The van der Waals surface area contributed by atoms with Crippen molar-refractivity contribution in [2.45, 2.75) is 24.9 Å². The van der Waals surface area contributed by atoms with Crippen molar-refractivity contribution in [3.05, 3.63) is 0 Å². The van der Waals surface area contributed by atoms with Crippen LogP contribution in [0.5, 0.6) is 0 Å². The Bertz CT molecular complexity index is 163. The van der Waals surface area contributed by atoms with Crippen LogP contribution in [0.2, 0.25) is 0 Å². The van der Waals surface area contributed by atoms with E-state index in [4.69, 9.17) is 4.74 Å². The molecule has 70 valence electrons. The van der Waals surface area contributed by atoms with Crippen LogP contribution >= 0.6 is 22.6 Å². The second kappa shape index (κ2) is 4.50. The number of aliphatic hydroxyl groups excluding tert-OH is 2. The van der Waals surface area contributed by atoms with Crippen LogP contribution in [0.1, 0.15) is 6.42 Å². The monoisotopic (exact) mass is 286 g/mol. The van der Waals surface area contributed by atoms with Crippen LogP contribution in [-0.2, 0) is 9.53 Å². The predicted octanol–water partition coefficient (Wildman–Crippen LogP) is -0.295. The molecule has 0 amide bonds. The zero-order valence-electron chi connectivity index (χ0n) is 6.39. The number of hydrogen-bond acceptors (Lipinski definition) is 4. The first-order valence-corrected chi connectivity index (χ1v) is 5.24. The van der Waals surface area contributed by atoms with Gasteiger partial charge in [0.25, 0.3) is 0 Å². The van der Waals surface area contributed by atoms with Crippen molar-refractivity contribution in [3.8, 4) is 0 Å². The highest BCUT2D eigenvalue weighted by molar-refractivity contribution is 14.1. The second-order valence-corrected chi connectivity index (χ2v) is 3.70. The average molecular weight is 286 g/mol. The van der Waals surface area contributed by atoms with Crippen LogP contribution in [-0.4, -0.2) is 39.4 Å². The van der Waals surface area contributed by atoms with Gasteiger partial charge >= 0.3 is 0 Å². The predicted molar refractivity (Wildman–Crippen MR) is 49.9 cm³/mol. The molecule has 5 heteroatoms. The van der Waals surface area contributed by atoms with E-state index in [-0.39, 0.29) is 6.10 Å². The van der Waals surface area contributed by atoms with Crippen molar-refractivity contribution in [2.75, 3.05) is 4.43 Å².